The first kappa shape index (κ1) is 11.4. The lowest BCUT2D eigenvalue weighted by molar-refractivity contribution is 0.378. The van der Waals surface area contributed by atoms with Crippen molar-refractivity contribution in [2.24, 2.45) is 11.1 Å². The van der Waals surface area contributed by atoms with E-state index in [1.165, 1.54) is 19.3 Å². The van der Waals surface area contributed by atoms with Crippen LogP contribution in [-0.2, 0) is 6.54 Å². The van der Waals surface area contributed by atoms with Crippen molar-refractivity contribution >= 4 is 5.69 Å². The van der Waals surface area contributed by atoms with Gasteiger partial charge in [0, 0.05) is 18.8 Å². The van der Waals surface area contributed by atoms with E-state index in [-0.39, 0.29) is 0 Å². The Labute approximate surface area is 97.5 Å². The molecule has 1 aromatic rings. The molecule has 16 heavy (non-hydrogen) atoms. The van der Waals surface area contributed by atoms with E-state index in [1.54, 1.807) is 6.20 Å². The molecule has 1 heterocycles. The summed E-state index contributed by atoms with van der Waals surface area (Å²) in [6, 6.07) is 2.56. The van der Waals surface area contributed by atoms with Crippen molar-refractivity contribution in [2.45, 2.75) is 45.7 Å². The third kappa shape index (κ3) is 2.53. The molecule has 1 aliphatic carbocycles. The van der Waals surface area contributed by atoms with Crippen LogP contribution in [-0.4, -0.2) is 11.0 Å². The third-order valence-corrected chi connectivity index (χ3v) is 3.46. The Balaban J connectivity index is 2.04. The van der Waals surface area contributed by atoms with E-state index < -0.39 is 0 Å². The van der Waals surface area contributed by atoms with Crippen molar-refractivity contribution in [1.29, 1.82) is 0 Å². The predicted molar refractivity (Wildman–Crippen MR) is 67.2 cm³/mol. The van der Waals surface area contributed by atoms with Gasteiger partial charge in [-0.05, 0) is 36.3 Å². The Morgan fingerprint density at radius 2 is 2.38 bits per heavy atom. The molecule has 0 amide bonds. The summed E-state index contributed by atoms with van der Waals surface area (Å²) in [6.45, 7) is 5.24. The van der Waals surface area contributed by atoms with Gasteiger partial charge in [-0.3, -0.25) is 4.98 Å². The first-order valence-electron chi connectivity index (χ1n) is 6.00. The van der Waals surface area contributed by atoms with Crippen LogP contribution in [0.4, 0.5) is 5.69 Å². The summed E-state index contributed by atoms with van der Waals surface area (Å²) < 4.78 is 0. The second-order valence-electron chi connectivity index (χ2n) is 5.49. The van der Waals surface area contributed by atoms with E-state index in [4.69, 9.17) is 5.73 Å². The first-order valence-corrected chi connectivity index (χ1v) is 6.00. The molecule has 0 spiro atoms. The fourth-order valence-electron chi connectivity index (χ4n) is 2.51. The molecular weight excluding hydrogens is 198 g/mol. The zero-order valence-electron chi connectivity index (χ0n) is 10.2. The summed E-state index contributed by atoms with van der Waals surface area (Å²) in [7, 11) is 0. The summed E-state index contributed by atoms with van der Waals surface area (Å²) in [4.78, 5) is 4.15. The van der Waals surface area contributed by atoms with Gasteiger partial charge in [0.05, 0.1) is 11.9 Å². The summed E-state index contributed by atoms with van der Waals surface area (Å²) in [5, 5.41) is 3.57. The molecule has 1 aliphatic rings. The molecule has 0 radical (unpaired) electrons. The molecule has 0 aromatic carbocycles. The van der Waals surface area contributed by atoms with E-state index in [1.807, 2.05) is 12.3 Å². The maximum Gasteiger partial charge on any atom is 0.0574 e. The Morgan fingerprint density at radius 3 is 3.00 bits per heavy atom. The molecular formula is C13H21N3. The third-order valence-electron chi connectivity index (χ3n) is 3.46. The van der Waals surface area contributed by atoms with Gasteiger partial charge in [0.25, 0.3) is 0 Å². The van der Waals surface area contributed by atoms with Gasteiger partial charge in [-0.25, -0.2) is 0 Å². The van der Waals surface area contributed by atoms with Gasteiger partial charge in [0.2, 0.25) is 0 Å². The molecule has 1 atom stereocenters. The highest BCUT2D eigenvalue weighted by Crippen LogP contribution is 2.38. The van der Waals surface area contributed by atoms with Gasteiger partial charge in [-0.2, -0.15) is 0 Å². The van der Waals surface area contributed by atoms with Crippen LogP contribution in [0.1, 0.15) is 38.7 Å². The van der Waals surface area contributed by atoms with Crippen molar-refractivity contribution < 1.29 is 0 Å². The Morgan fingerprint density at radius 1 is 1.56 bits per heavy atom. The van der Waals surface area contributed by atoms with Gasteiger partial charge < -0.3 is 11.1 Å². The Kier molecular flexibility index (Phi) is 3.15. The Bertz CT molecular complexity index is 360. The minimum atomic E-state index is 0.475. The molecule has 1 saturated carbocycles. The molecule has 0 saturated heterocycles. The number of pyridine rings is 1. The summed E-state index contributed by atoms with van der Waals surface area (Å²) in [6.07, 6.45) is 7.44. The number of nitrogens with two attached hydrogens (primary N) is 1. The SMILES string of the molecule is CC1(C)CCC(Nc2cnccc2CN)C1. The lowest BCUT2D eigenvalue weighted by atomic mass is 9.92. The van der Waals surface area contributed by atoms with Crippen molar-refractivity contribution in [1.82, 2.24) is 4.98 Å². The van der Waals surface area contributed by atoms with Crippen molar-refractivity contribution in [3.63, 3.8) is 0 Å². The lowest BCUT2D eigenvalue weighted by Gasteiger charge is -2.19. The van der Waals surface area contributed by atoms with Crippen molar-refractivity contribution in [3.8, 4) is 0 Å². The maximum atomic E-state index is 5.71. The molecule has 1 fully saturated rings. The molecule has 1 unspecified atom stereocenters. The standard InChI is InChI=1S/C13H21N3/c1-13(2)5-3-11(7-13)16-12-9-15-6-4-10(12)8-14/h4,6,9,11,16H,3,5,7-8,14H2,1-2H3. The summed E-state index contributed by atoms with van der Waals surface area (Å²) >= 11 is 0. The molecule has 0 aliphatic heterocycles. The number of nitrogens with zero attached hydrogens (tertiary/aromatic N) is 1. The number of anilines is 1. The minimum Gasteiger partial charge on any atom is -0.381 e. The largest absolute Gasteiger partial charge is 0.381 e. The molecule has 0 bridgehead atoms. The van der Waals surface area contributed by atoms with E-state index in [0.717, 1.165) is 11.3 Å². The van der Waals surface area contributed by atoms with Gasteiger partial charge >= 0.3 is 0 Å². The first-order chi connectivity index (χ1) is 7.61. The maximum absolute atomic E-state index is 5.71. The van der Waals surface area contributed by atoms with Crippen LogP contribution in [0, 0.1) is 5.41 Å². The second-order valence-corrected chi connectivity index (χ2v) is 5.49. The number of rotatable bonds is 3. The topological polar surface area (TPSA) is 50.9 Å². The zero-order valence-corrected chi connectivity index (χ0v) is 10.2. The van der Waals surface area contributed by atoms with Gasteiger partial charge in [-0.1, -0.05) is 13.8 Å². The highest BCUT2D eigenvalue weighted by atomic mass is 14.9. The van der Waals surface area contributed by atoms with Gasteiger partial charge in [0.15, 0.2) is 0 Å². The molecule has 3 heteroatoms. The second kappa shape index (κ2) is 4.42. The van der Waals surface area contributed by atoms with Crippen LogP contribution in [0.25, 0.3) is 0 Å². The van der Waals surface area contributed by atoms with Gasteiger partial charge in [0.1, 0.15) is 0 Å². The van der Waals surface area contributed by atoms with Crippen LogP contribution in [0.15, 0.2) is 18.5 Å². The van der Waals surface area contributed by atoms with Crippen molar-refractivity contribution in [2.75, 3.05) is 5.32 Å². The van der Waals surface area contributed by atoms with Crippen LogP contribution >= 0.6 is 0 Å². The number of aromatic nitrogens is 1. The van der Waals surface area contributed by atoms with Crippen molar-refractivity contribution in [3.05, 3.63) is 24.0 Å². The summed E-state index contributed by atoms with van der Waals surface area (Å²) in [5.41, 5.74) is 8.44. The molecule has 3 nitrogen and oxygen atoms in total. The Hall–Kier alpha value is -1.09. The minimum absolute atomic E-state index is 0.475. The molecule has 3 N–H and O–H groups in total. The summed E-state index contributed by atoms with van der Waals surface area (Å²) in [5.74, 6) is 0. The average Bonchev–Trinajstić information content (AvgIpc) is 2.59. The van der Waals surface area contributed by atoms with Crippen LogP contribution in [0.3, 0.4) is 0 Å². The van der Waals surface area contributed by atoms with E-state index in [0.29, 0.717) is 18.0 Å². The fourth-order valence-corrected chi connectivity index (χ4v) is 2.51. The monoisotopic (exact) mass is 219 g/mol. The van der Waals surface area contributed by atoms with E-state index in [2.05, 4.69) is 24.1 Å². The van der Waals surface area contributed by atoms with Crippen LogP contribution in [0.2, 0.25) is 0 Å². The molecule has 88 valence electrons. The normalized spacial score (nSPS) is 23.3. The molecule has 1 aromatic heterocycles. The predicted octanol–water partition coefficient (Wildman–Crippen LogP) is 2.53. The zero-order chi connectivity index (χ0) is 11.6. The smallest absolute Gasteiger partial charge is 0.0574 e. The van der Waals surface area contributed by atoms with Gasteiger partial charge in [-0.15, -0.1) is 0 Å². The van der Waals surface area contributed by atoms with Crippen LogP contribution in [0.5, 0.6) is 0 Å². The number of nitrogens with one attached hydrogen (secondary N) is 1. The number of hydrogen-bond donors (Lipinski definition) is 2. The number of hydrogen-bond acceptors (Lipinski definition) is 3. The highest BCUT2D eigenvalue weighted by molar-refractivity contribution is 5.49. The fraction of sp³-hybridized carbons (Fsp3) is 0.615. The van der Waals surface area contributed by atoms with Crippen LogP contribution < -0.4 is 11.1 Å². The lowest BCUT2D eigenvalue weighted by Crippen LogP contribution is -2.19. The highest BCUT2D eigenvalue weighted by Gasteiger charge is 2.30. The van der Waals surface area contributed by atoms with E-state index >= 15 is 0 Å². The molecule has 2 rings (SSSR count). The average molecular weight is 219 g/mol. The van der Waals surface area contributed by atoms with E-state index in [9.17, 15) is 0 Å². The quantitative estimate of drug-likeness (QED) is 0.821.